The summed E-state index contributed by atoms with van der Waals surface area (Å²) >= 11 is 0. The molecule has 2 aromatic rings. The number of rotatable bonds is 6. The Kier molecular flexibility index (Phi) is 5.25. The standard InChI is InChI=1S/C18H17F3N2O3S/c1-10(11-2-3-11)23-27(25,26)13-5-7-15(19)14(9-13)18(24)22-12-4-6-16(20)17(21)8-12/h4-11,23H,2-3H2,1H3,(H,22,24)/t10-/m1/s1. The van der Waals surface area contributed by atoms with Gasteiger partial charge in [0.25, 0.3) is 5.91 Å². The molecule has 144 valence electrons. The van der Waals surface area contributed by atoms with Crippen LogP contribution in [-0.4, -0.2) is 20.4 Å². The van der Waals surface area contributed by atoms with Gasteiger partial charge < -0.3 is 5.32 Å². The lowest BCUT2D eigenvalue weighted by atomic mass is 10.2. The molecule has 0 heterocycles. The van der Waals surface area contributed by atoms with E-state index in [1.165, 1.54) is 0 Å². The molecule has 0 spiro atoms. The van der Waals surface area contributed by atoms with E-state index in [0.29, 0.717) is 0 Å². The Morgan fingerprint density at radius 3 is 2.33 bits per heavy atom. The second kappa shape index (κ2) is 7.32. The molecule has 1 aliphatic rings. The van der Waals surface area contributed by atoms with Crippen LogP contribution in [-0.2, 0) is 10.0 Å². The van der Waals surface area contributed by atoms with Crippen molar-refractivity contribution in [2.45, 2.75) is 30.7 Å². The topological polar surface area (TPSA) is 75.3 Å². The van der Waals surface area contributed by atoms with Crippen molar-refractivity contribution in [1.29, 1.82) is 0 Å². The van der Waals surface area contributed by atoms with Gasteiger partial charge in [-0.15, -0.1) is 0 Å². The molecule has 0 aliphatic heterocycles. The summed E-state index contributed by atoms with van der Waals surface area (Å²) in [6.07, 6.45) is 1.88. The molecule has 0 unspecified atom stereocenters. The minimum atomic E-state index is -3.93. The number of hydrogen-bond donors (Lipinski definition) is 2. The fraction of sp³-hybridized carbons (Fsp3) is 0.278. The Hall–Kier alpha value is -2.39. The largest absolute Gasteiger partial charge is 0.322 e. The molecule has 1 aliphatic carbocycles. The van der Waals surface area contributed by atoms with Crippen LogP contribution in [0.5, 0.6) is 0 Å². The van der Waals surface area contributed by atoms with Crippen molar-refractivity contribution in [2.75, 3.05) is 5.32 Å². The van der Waals surface area contributed by atoms with E-state index in [0.717, 1.165) is 49.2 Å². The molecule has 0 saturated heterocycles. The van der Waals surface area contributed by atoms with E-state index in [1.54, 1.807) is 6.92 Å². The average molecular weight is 398 g/mol. The van der Waals surface area contributed by atoms with Crippen LogP contribution in [0, 0.1) is 23.4 Å². The second-order valence-corrected chi connectivity index (χ2v) is 8.19. The highest BCUT2D eigenvalue weighted by Gasteiger charge is 2.31. The Balaban J connectivity index is 1.83. The minimum Gasteiger partial charge on any atom is -0.322 e. The fourth-order valence-corrected chi connectivity index (χ4v) is 3.96. The Bertz CT molecular complexity index is 991. The first kappa shape index (κ1) is 19.4. The van der Waals surface area contributed by atoms with E-state index in [2.05, 4.69) is 10.0 Å². The normalized spacial score (nSPS) is 15.4. The quantitative estimate of drug-likeness (QED) is 0.783. The molecule has 0 aromatic heterocycles. The van der Waals surface area contributed by atoms with Crippen LogP contribution in [0.3, 0.4) is 0 Å². The van der Waals surface area contributed by atoms with Gasteiger partial charge in [0.1, 0.15) is 5.82 Å². The fourth-order valence-electron chi connectivity index (χ4n) is 2.62. The van der Waals surface area contributed by atoms with Gasteiger partial charge in [0.05, 0.1) is 10.5 Å². The van der Waals surface area contributed by atoms with Crippen LogP contribution in [0.15, 0.2) is 41.3 Å². The summed E-state index contributed by atoms with van der Waals surface area (Å²) in [5.74, 6) is -3.92. The van der Waals surface area contributed by atoms with Crippen LogP contribution in [0.1, 0.15) is 30.1 Å². The van der Waals surface area contributed by atoms with Crippen LogP contribution < -0.4 is 10.0 Å². The van der Waals surface area contributed by atoms with E-state index in [-0.39, 0.29) is 22.5 Å². The number of carbonyl (C=O) groups excluding carboxylic acids is 1. The van der Waals surface area contributed by atoms with Crippen LogP contribution in [0.25, 0.3) is 0 Å². The number of carbonyl (C=O) groups is 1. The first-order valence-electron chi connectivity index (χ1n) is 8.25. The van der Waals surface area contributed by atoms with Crippen LogP contribution >= 0.6 is 0 Å². The van der Waals surface area contributed by atoms with Crippen molar-refractivity contribution in [3.63, 3.8) is 0 Å². The highest BCUT2D eigenvalue weighted by atomic mass is 32.2. The SMILES string of the molecule is C[C@@H](NS(=O)(=O)c1ccc(F)c(C(=O)Nc2ccc(F)c(F)c2)c1)C1CC1. The Morgan fingerprint density at radius 1 is 1.04 bits per heavy atom. The zero-order valence-corrected chi connectivity index (χ0v) is 15.1. The van der Waals surface area contributed by atoms with Crippen molar-refractivity contribution in [2.24, 2.45) is 5.92 Å². The van der Waals surface area contributed by atoms with Crippen molar-refractivity contribution < 1.29 is 26.4 Å². The van der Waals surface area contributed by atoms with Gasteiger partial charge in [-0.1, -0.05) is 0 Å². The number of anilines is 1. The van der Waals surface area contributed by atoms with Gasteiger partial charge in [0.15, 0.2) is 11.6 Å². The molecule has 9 heteroatoms. The predicted molar refractivity (Wildman–Crippen MR) is 93.2 cm³/mol. The molecule has 1 atom stereocenters. The lowest BCUT2D eigenvalue weighted by Gasteiger charge is -2.14. The third kappa shape index (κ3) is 4.48. The second-order valence-electron chi connectivity index (χ2n) is 6.47. The van der Waals surface area contributed by atoms with E-state index in [1.807, 2.05) is 0 Å². The average Bonchev–Trinajstić information content (AvgIpc) is 3.43. The van der Waals surface area contributed by atoms with Crippen molar-refractivity contribution in [1.82, 2.24) is 4.72 Å². The first-order chi connectivity index (χ1) is 12.7. The summed E-state index contributed by atoms with van der Waals surface area (Å²) < 4.78 is 67.6. The van der Waals surface area contributed by atoms with Gasteiger partial charge in [-0.05, 0) is 56.0 Å². The van der Waals surface area contributed by atoms with Gasteiger partial charge in [-0.2, -0.15) is 0 Å². The molecule has 1 saturated carbocycles. The van der Waals surface area contributed by atoms with Gasteiger partial charge in [0.2, 0.25) is 10.0 Å². The van der Waals surface area contributed by atoms with E-state index in [9.17, 15) is 26.4 Å². The zero-order chi connectivity index (χ0) is 19.8. The lowest BCUT2D eigenvalue weighted by Crippen LogP contribution is -2.34. The maximum absolute atomic E-state index is 14.0. The van der Waals surface area contributed by atoms with Gasteiger partial charge in [-0.25, -0.2) is 26.3 Å². The van der Waals surface area contributed by atoms with Gasteiger partial charge in [0, 0.05) is 17.8 Å². The molecule has 27 heavy (non-hydrogen) atoms. The lowest BCUT2D eigenvalue weighted by molar-refractivity contribution is 0.102. The minimum absolute atomic E-state index is 0.0907. The third-order valence-electron chi connectivity index (χ3n) is 4.34. The number of benzene rings is 2. The summed E-state index contributed by atoms with van der Waals surface area (Å²) in [6, 6.07) is 5.23. The number of sulfonamides is 1. The summed E-state index contributed by atoms with van der Waals surface area (Å²) in [6.45, 7) is 1.75. The zero-order valence-electron chi connectivity index (χ0n) is 14.3. The molecule has 1 fully saturated rings. The van der Waals surface area contributed by atoms with E-state index >= 15 is 0 Å². The third-order valence-corrected chi connectivity index (χ3v) is 5.90. The molecule has 3 rings (SSSR count). The summed E-state index contributed by atoms with van der Waals surface area (Å²) in [5, 5.41) is 2.21. The molecule has 2 aromatic carbocycles. The first-order valence-corrected chi connectivity index (χ1v) is 9.74. The number of nitrogens with one attached hydrogen (secondary N) is 2. The monoisotopic (exact) mass is 398 g/mol. The molecule has 1 amide bonds. The maximum atomic E-state index is 14.0. The van der Waals surface area contributed by atoms with Crippen LogP contribution in [0.4, 0.5) is 18.9 Å². The Morgan fingerprint density at radius 2 is 1.70 bits per heavy atom. The Labute approximate surface area is 154 Å². The molecular formula is C18H17F3N2O3S. The molecule has 5 nitrogen and oxygen atoms in total. The van der Waals surface area contributed by atoms with Gasteiger partial charge >= 0.3 is 0 Å². The number of amides is 1. The predicted octanol–water partition coefficient (Wildman–Crippen LogP) is 3.43. The highest BCUT2D eigenvalue weighted by Crippen LogP contribution is 2.33. The summed E-state index contributed by atoms with van der Waals surface area (Å²) in [4.78, 5) is 12.0. The molecule has 0 radical (unpaired) electrons. The van der Waals surface area contributed by atoms with Crippen molar-refractivity contribution >= 4 is 21.6 Å². The summed E-state index contributed by atoms with van der Waals surface area (Å²) in [7, 11) is -3.93. The molecule has 0 bridgehead atoms. The van der Waals surface area contributed by atoms with Gasteiger partial charge in [-0.3, -0.25) is 4.79 Å². The van der Waals surface area contributed by atoms with E-state index < -0.39 is 38.9 Å². The molecular weight excluding hydrogens is 381 g/mol. The van der Waals surface area contributed by atoms with Crippen molar-refractivity contribution in [3.8, 4) is 0 Å². The number of halogens is 3. The van der Waals surface area contributed by atoms with Crippen LogP contribution in [0.2, 0.25) is 0 Å². The smallest absolute Gasteiger partial charge is 0.258 e. The molecule has 2 N–H and O–H groups in total. The maximum Gasteiger partial charge on any atom is 0.258 e. The van der Waals surface area contributed by atoms with Crippen molar-refractivity contribution in [3.05, 3.63) is 59.4 Å². The van der Waals surface area contributed by atoms with E-state index in [4.69, 9.17) is 0 Å². The summed E-state index contributed by atoms with van der Waals surface area (Å²) in [5.41, 5.74) is -0.617. The highest BCUT2D eigenvalue weighted by molar-refractivity contribution is 7.89. The number of hydrogen-bond acceptors (Lipinski definition) is 3.